The molecule has 0 bridgehead atoms. The SMILES string of the molecule is CCOCC(NCCCSC)C(C)C. The minimum Gasteiger partial charge on any atom is -0.380 e. The molecule has 0 aliphatic rings. The van der Waals surface area contributed by atoms with Gasteiger partial charge in [0.05, 0.1) is 6.61 Å². The van der Waals surface area contributed by atoms with Gasteiger partial charge in [0, 0.05) is 12.6 Å². The van der Waals surface area contributed by atoms with Gasteiger partial charge in [-0.25, -0.2) is 0 Å². The molecular weight excluding hydrogens is 194 g/mol. The first kappa shape index (κ1) is 14.3. The van der Waals surface area contributed by atoms with E-state index in [0.29, 0.717) is 12.0 Å². The predicted molar refractivity (Wildman–Crippen MR) is 66.1 cm³/mol. The van der Waals surface area contributed by atoms with Crippen molar-refractivity contribution in [3.63, 3.8) is 0 Å². The Labute approximate surface area is 93.2 Å². The van der Waals surface area contributed by atoms with Gasteiger partial charge in [-0.3, -0.25) is 0 Å². The fraction of sp³-hybridized carbons (Fsp3) is 1.00. The highest BCUT2D eigenvalue weighted by atomic mass is 32.2. The van der Waals surface area contributed by atoms with Gasteiger partial charge < -0.3 is 10.1 Å². The van der Waals surface area contributed by atoms with Gasteiger partial charge >= 0.3 is 0 Å². The topological polar surface area (TPSA) is 21.3 Å². The molecule has 0 aromatic rings. The molecule has 0 rings (SSSR count). The van der Waals surface area contributed by atoms with Crippen LogP contribution in [0.25, 0.3) is 0 Å². The Kier molecular flexibility index (Phi) is 10.0. The van der Waals surface area contributed by atoms with E-state index in [2.05, 4.69) is 25.4 Å². The third-order valence-corrected chi connectivity index (χ3v) is 2.93. The molecule has 0 saturated heterocycles. The fourth-order valence-corrected chi connectivity index (χ4v) is 1.67. The highest BCUT2D eigenvalue weighted by Gasteiger charge is 2.11. The van der Waals surface area contributed by atoms with Crippen LogP contribution in [0, 0.1) is 5.92 Å². The maximum atomic E-state index is 5.45. The summed E-state index contributed by atoms with van der Waals surface area (Å²) in [6, 6.07) is 0.511. The van der Waals surface area contributed by atoms with Gasteiger partial charge in [0.1, 0.15) is 0 Å². The zero-order valence-electron chi connectivity index (χ0n) is 10.0. The van der Waals surface area contributed by atoms with Crippen LogP contribution < -0.4 is 5.32 Å². The number of hydrogen-bond donors (Lipinski definition) is 1. The highest BCUT2D eigenvalue weighted by Crippen LogP contribution is 2.03. The first-order valence-corrected chi connectivity index (χ1v) is 6.91. The smallest absolute Gasteiger partial charge is 0.0621 e. The molecule has 0 saturated carbocycles. The van der Waals surface area contributed by atoms with Crippen LogP contribution in [0.5, 0.6) is 0 Å². The Bertz CT molecular complexity index is 120. The van der Waals surface area contributed by atoms with Gasteiger partial charge in [0.15, 0.2) is 0 Å². The molecule has 0 amide bonds. The quantitative estimate of drug-likeness (QED) is 0.602. The van der Waals surface area contributed by atoms with Crippen LogP contribution in [0.15, 0.2) is 0 Å². The second-order valence-corrected chi connectivity index (χ2v) is 4.80. The van der Waals surface area contributed by atoms with Gasteiger partial charge in [-0.05, 0) is 37.8 Å². The highest BCUT2D eigenvalue weighted by molar-refractivity contribution is 7.98. The summed E-state index contributed by atoms with van der Waals surface area (Å²) in [7, 11) is 0. The van der Waals surface area contributed by atoms with Gasteiger partial charge in [0.2, 0.25) is 0 Å². The van der Waals surface area contributed by atoms with Gasteiger partial charge in [-0.1, -0.05) is 13.8 Å². The lowest BCUT2D eigenvalue weighted by Gasteiger charge is -2.22. The Balaban J connectivity index is 3.52. The van der Waals surface area contributed by atoms with Crippen molar-refractivity contribution in [3.8, 4) is 0 Å². The van der Waals surface area contributed by atoms with Crippen molar-refractivity contribution < 1.29 is 4.74 Å². The molecule has 0 fully saturated rings. The number of nitrogens with one attached hydrogen (secondary N) is 1. The average Bonchev–Trinajstić information content (AvgIpc) is 2.16. The molecule has 86 valence electrons. The molecule has 1 atom stereocenters. The minimum absolute atomic E-state index is 0.511. The van der Waals surface area contributed by atoms with Crippen LogP contribution in [-0.2, 0) is 4.74 Å². The standard InChI is InChI=1S/C11H25NOS/c1-5-13-9-11(10(2)3)12-7-6-8-14-4/h10-12H,5-9H2,1-4H3. The molecular formula is C11H25NOS. The lowest BCUT2D eigenvalue weighted by atomic mass is 10.1. The maximum Gasteiger partial charge on any atom is 0.0621 e. The normalized spacial score (nSPS) is 13.5. The molecule has 0 aliphatic carbocycles. The Morgan fingerprint density at radius 2 is 2.07 bits per heavy atom. The number of thioether (sulfide) groups is 1. The number of ether oxygens (including phenoxy) is 1. The van der Waals surface area contributed by atoms with Crippen molar-refractivity contribution in [1.29, 1.82) is 0 Å². The number of rotatable bonds is 9. The second-order valence-electron chi connectivity index (χ2n) is 3.81. The van der Waals surface area contributed by atoms with E-state index in [1.165, 1.54) is 12.2 Å². The summed E-state index contributed by atoms with van der Waals surface area (Å²) >= 11 is 1.91. The van der Waals surface area contributed by atoms with E-state index in [4.69, 9.17) is 4.74 Å². The Morgan fingerprint density at radius 1 is 1.36 bits per heavy atom. The summed E-state index contributed by atoms with van der Waals surface area (Å²) < 4.78 is 5.45. The first-order chi connectivity index (χ1) is 6.72. The maximum absolute atomic E-state index is 5.45. The molecule has 0 radical (unpaired) electrons. The Morgan fingerprint density at radius 3 is 2.57 bits per heavy atom. The van der Waals surface area contributed by atoms with Gasteiger partial charge in [-0.2, -0.15) is 11.8 Å². The largest absolute Gasteiger partial charge is 0.380 e. The molecule has 0 heterocycles. The zero-order valence-corrected chi connectivity index (χ0v) is 10.8. The molecule has 0 aliphatic heterocycles. The fourth-order valence-electron chi connectivity index (χ4n) is 1.24. The molecule has 1 unspecified atom stereocenters. The van der Waals surface area contributed by atoms with Crippen molar-refractivity contribution >= 4 is 11.8 Å². The zero-order chi connectivity index (χ0) is 10.8. The third kappa shape index (κ3) is 7.65. The minimum atomic E-state index is 0.511. The second kappa shape index (κ2) is 9.81. The molecule has 14 heavy (non-hydrogen) atoms. The van der Waals surface area contributed by atoms with Crippen molar-refractivity contribution in [2.75, 3.05) is 31.8 Å². The van der Waals surface area contributed by atoms with E-state index in [0.717, 1.165) is 19.8 Å². The summed E-state index contributed by atoms with van der Waals surface area (Å²) in [5, 5.41) is 3.55. The summed E-state index contributed by atoms with van der Waals surface area (Å²) in [6.07, 6.45) is 3.40. The van der Waals surface area contributed by atoms with Crippen LogP contribution in [0.4, 0.5) is 0 Å². The van der Waals surface area contributed by atoms with Crippen LogP contribution in [0.2, 0.25) is 0 Å². The molecule has 2 nitrogen and oxygen atoms in total. The van der Waals surface area contributed by atoms with Crippen LogP contribution in [-0.4, -0.2) is 37.8 Å². The molecule has 0 aromatic heterocycles. The van der Waals surface area contributed by atoms with E-state index in [9.17, 15) is 0 Å². The van der Waals surface area contributed by atoms with E-state index >= 15 is 0 Å². The van der Waals surface area contributed by atoms with E-state index in [1.54, 1.807) is 0 Å². The van der Waals surface area contributed by atoms with Crippen molar-refractivity contribution in [1.82, 2.24) is 5.32 Å². The van der Waals surface area contributed by atoms with E-state index in [1.807, 2.05) is 18.7 Å². The third-order valence-electron chi connectivity index (χ3n) is 2.24. The summed E-state index contributed by atoms with van der Waals surface area (Å²) in [5.41, 5.74) is 0. The van der Waals surface area contributed by atoms with Crippen molar-refractivity contribution in [2.45, 2.75) is 33.2 Å². The Hall–Kier alpha value is 0.270. The molecule has 0 aromatic carbocycles. The first-order valence-electron chi connectivity index (χ1n) is 5.52. The van der Waals surface area contributed by atoms with Gasteiger partial charge in [0.25, 0.3) is 0 Å². The predicted octanol–water partition coefficient (Wildman–Crippen LogP) is 2.39. The lowest BCUT2D eigenvalue weighted by Crippen LogP contribution is -2.38. The van der Waals surface area contributed by atoms with Crippen molar-refractivity contribution in [3.05, 3.63) is 0 Å². The van der Waals surface area contributed by atoms with Crippen molar-refractivity contribution in [2.24, 2.45) is 5.92 Å². The molecule has 0 spiro atoms. The summed E-state index contributed by atoms with van der Waals surface area (Å²) in [6.45, 7) is 9.29. The van der Waals surface area contributed by atoms with Crippen LogP contribution in [0.1, 0.15) is 27.2 Å². The monoisotopic (exact) mass is 219 g/mol. The van der Waals surface area contributed by atoms with E-state index < -0.39 is 0 Å². The van der Waals surface area contributed by atoms with Crippen LogP contribution >= 0.6 is 11.8 Å². The van der Waals surface area contributed by atoms with Crippen LogP contribution in [0.3, 0.4) is 0 Å². The molecule has 3 heteroatoms. The summed E-state index contributed by atoms with van der Waals surface area (Å²) in [5.74, 6) is 1.89. The molecule has 1 N–H and O–H groups in total. The lowest BCUT2D eigenvalue weighted by molar-refractivity contribution is 0.108. The van der Waals surface area contributed by atoms with Gasteiger partial charge in [-0.15, -0.1) is 0 Å². The average molecular weight is 219 g/mol. The summed E-state index contributed by atoms with van der Waals surface area (Å²) in [4.78, 5) is 0. The number of hydrogen-bond acceptors (Lipinski definition) is 3. The van der Waals surface area contributed by atoms with E-state index in [-0.39, 0.29) is 0 Å².